The largest absolute Gasteiger partial charge is 0.322 e. The van der Waals surface area contributed by atoms with E-state index in [0.717, 1.165) is 6.54 Å². The third-order valence-corrected chi connectivity index (χ3v) is 3.20. The van der Waals surface area contributed by atoms with Crippen LogP contribution in [0.5, 0.6) is 0 Å². The lowest BCUT2D eigenvalue weighted by Crippen LogP contribution is -2.30. The zero-order chi connectivity index (χ0) is 11.7. The lowest BCUT2D eigenvalue weighted by Gasteiger charge is -2.24. The van der Waals surface area contributed by atoms with Gasteiger partial charge >= 0.3 is 0 Å². The first-order chi connectivity index (χ1) is 7.65. The topological polar surface area (TPSA) is 32.3 Å². The fourth-order valence-corrected chi connectivity index (χ4v) is 2.26. The molecule has 0 saturated carbocycles. The van der Waals surface area contributed by atoms with E-state index >= 15 is 0 Å². The molecule has 16 heavy (non-hydrogen) atoms. The zero-order valence-corrected chi connectivity index (χ0v) is 10.0. The van der Waals surface area contributed by atoms with Crippen LogP contribution in [0.4, 0.5) is 0 Å². The number of nitrogens with one attached hydrogen (secondary N) is 1. The lowest BCUT2D eigenvalue weighted by atomic mass is 10.1. The molecule has 1 heterocycles. The average Bonchev–Trinajstić information content (AvgIpc) is 2.56. The van der Waals surface area contributed by atoms with Gasteiger partial charge in [-0.3, -0.25) is 10.1 Å². The van der Waals surface area contributed by atoms with Gasteiger partial charge in [-0.1, -0.05) is 24.3 Å². The molecule has 1 saturated heterocycles. The van der Waals surface area contributed by atoms with Gasteiger partial charge in [-0.15, -0.1) is 0 Å². The quantitative estimate of drug-likeness (QED) is 0.821. The van der Waals surface area contributed by atoms with E-state index < -0.39 is 0 Å². The molecule has 1 amide bonds. The van der Waals surface area contributed by atoms with Crippen molar-refractivity contribution in [3.63, 3.8) is 0 Å². The molecular formula is C13H18N2O. The van der Waals surface area contributed by atoms with Crippen LogP contribution in [-0.2, 0) is 4.79 Å². The van der Waals surface area contributed by atoms with Crippen molar-refractivity contribution in [2.75, 3.05) is 6.54 Å². The summed E-state index contributed by atoms with van der Waals surface area (Å²) in [5.74, 6) is 0.191. The van der Waals surface area contributed by atoms with Gasteiger partial charge in [-0.2, -0.15) is 0 Å². The molecule has 1 aliphatic rings. The summed E-state index contributed by atoms with van der Waals surface area (Å²) in [7, 11) is 0. The fourth-order valence-electron chi connectivity index (χ4n) is 2.26. The monoisotopic (exact) mass is 218 g/mol. The molecule has 0 radical (unpaired) electrons. The highest BCUT2D eigenvalue weighted by molar-refractivity contribution is 5.84. The second-order valence-corrected chi connectivity index (χ2v) is 4.27. The van der Waals surface area contributed by atoms with Crippen LogP contribution < -0.4 is 5.32 Å². The molecule has 3 heteroatoms. The van der Waals surface area contributed by atoms with Gasteiger partial charge in [0.15, 0.2) is 0 Å². The molecule has 1 aromatic rings. The van der Waals surface area contributed by atoms with Crippen LogP contribution >= 0.6 is 0 Å². The van der Waals surface area contributed by atoms with Gasteiger partial charge < -0.3 is 4.90 Å². The third kappa shape index (κ3) is 1.71. The van der Waals surface area contributed by atoms with Crippen molar-refractivity contribution in [1.82, 2.24) is 10.2 Å². The van der Waals surface area contributed by atoms with Crippen LogP contribution in [-0.4, -0.2) is 23.4 Å². The lowest BCUT2D eigenvalue weighted by molar-refractivity contribution is -0.129. The predicted molar refractivity (Wildman–Crippen MR) is 63.9 cm³/mol. The number of hydrogen-bond acceptors (Lipinski definition) is 2. The minimum absolute atomic E-state index is 0.0358. The second kappa shape index (κ2) is 4.26. The van der Waals surface area contributed by atoms with Crippen molar-refractivity contribution in [2.24, 2.45) is 0 Å². The Bertz CT molecular complexity index is 403. The van der Waals surface area contributed by atoms with E-state index in [0.29, 0.717) is 0 Å². The minimum atomic E-state index is -0.0791. The standard InChI is InChI=1S/C13H18N2O/c1-4-15-12(14-10(3)13(15)16)11-8-6-5-7-9(11)2/h5-8,10,12,14H,4H2,1-3H3. The molecule has 1 fully saturated rings. The van der Waals surface area contributed by atoms with Gasteiger partial charge in [0.25, 0.3) is 0 Å². The first kappa shape index (κ1) is 11.1. The summed E-state index contributed by atoms with van der Waals surface area (Å²) in [6.07, 6.45) is 0.0358. The number of rotatable bonds is 2. The Morgan fingerprint density at radius 1 is 1.38 bits per heavy atom. The molecule has 2 atom stereocenters. The Kier molecular flexibility index (Phi) is 2.97. The van der Waals surface area contributed by atoms with Crippen molar-refractivity contribution >= 4 is 5.91 Å². The van der Waals surface area contributed by atoms with Gasteiger partial charge in [0.05, 0.1) is 6.04 Å². The Morgan fingerprint density at radius 3 is 2.69 bits per heavy atom. The summed E-state index contributed by atoms with van der Waals surface area (Å²) in [5, 5.41) is 3.34. The van der Waals surface area contributed by atoms with Crippen molar-refractivity contribution in [2.45, 2.75) is 33.0 Å². The van der Waals surface area contributed by atoms with Crippen LogP contribution in [0.25, 0.3) is 0 Å². The number of benzene rings is 1. The molecule has 2 unspecified atom stereocenters. The number of hydrogen-bond donors (Lipinski definition) is 1. The van der Waals surface area contributed by atoms with Crippen molar-refractivity contribution in [3.8, 4) is 0 Å². The Hall–Kier alpha value is -1.35. The Morgan fingerprint density at radius 2 is 2.06 bits per heavy atom. The molecule has 3 nitrogen and oxygen atoms in total. The minimum Gasteiger partial charge on any atom is -0.322 e. The maximum absolute atomic E-state index is 11.9. The molecule has 2 rings (SSSR count). The first-order valence-corrected chi connectivity index (χ1v) is 5.77. The summed E-state index contributed by atoms with van der Waals surface area (Å²) in [4.78, 5) is 13.8. The first-order valence-electron chi connectivity index (χ1n) is 5.77. The van der Waals surface area contributed by atoms with Crippen molar-refractivity contribution in [3.05, 3.63) is 35.4 Å². The molecule has 0 aromatic heterocycles. The highest BCUT2D eigenvalue weighted by Crippen LogP contribution is 2.26. The Labute approximate surface area is 96.5 Å². The van der Waals surface area contributed by atoms with Crippen molar-refractivity contribution < 1.29 is 4.79 Å². The SMILES string of the molecule is CCN1C(=O)C(C)NC1c1ccccc1C. The highest BCUT2D eigenvalue weighted by Gasteiger charge is 2.36. The van der Waals surface area contributed by atoms with Crippen LogP contribution in [0.15, 0.2) is 24.3 Å². The van der Waals surface area contributed by atoms with E-state index in [-0.39, 0.29) is 18.1 Å². The maximum Gasteiger partial charge on any atom is 0.241 e. The number of carbonyl (C=O) groups is 1. The summed E-state index contributed by atoms with van der Waals surface area (Å²) < 4.78 is 0. The fraction of sp³-hybridized carbons (Fsp3) is 0.462. The molecule has 0 aliphatic carbocycles. The second-order valence-electron chi connectivity index (χ2n) is 4.27. The number of carbonyl (C=O) groups excluding carboxylic acids is 1. The van der Waals surface area contributed by atoms with Gasteiger partial charge in [0, 0.05) is 6.54 Å². The zero-order valence-electron chi connectivity index (χ0n) is 10.0. The molecule has 0 spiro atoms. The highest BCUT2D eigenvalue weighted by atomic mass is 16.2. The number of aryl methyl sites for hydroxylation is 1. The van der Waals surface area contributed by atoms with Crippen LogP contribution in [0.2, 0.25) is 0 Å². The summed E-state index contributed by atoms with van der Waals surface area (Å²) in [5.41, 5.74) is 2.42. The predicted octanol–water partition coefficient (Wildman–Crippen LogP) is 1.83. The van der Waals surface area contributed by atoms with Gasteiger partial charge in [-0.05, 0) is 31.9 Å². The molecule has 1 aromatic carbocycles. The number of amides is 1. The van der Waals surface area contributed by atoms with E-state index in [2.05, 4.69) is 24.4 Å². The van der Waals surface area contributed by atoms with E-state index in [4.69, 9.17) is 0 Å². The van der Waals surface area contributed by atoms with Crippen LogP contribution in [0, 0.1) is 6.92 Å². The van der Waals surface area contributed by atoms with Crippen molar-refractivity contribution in [1.29, 1.82) is 0 Å². The van der Waals surface area contributed by atoms with E-state index in [1.807, 2.05) is 30.9 Å². The number of likely N-dealkylation sites (N-methyl/N-ethyl adjacent to an activating group) is 1. The third-order valence-electron chi connectivity index (χ3n) is 3.20. The van der Waals surface area contributed by atoms with E-state index in [1.54, 1.807) is 0 Å². The van der Waals surface area contributed by atoms with Gasteiger partial charge in [-0.25, -0.2) is 0 Å². The summed E-state index contributed by atoms with van der Waals surface area (Å²) in [6, 6.07) is 8.13. The smallest absolute Gasteiger partial charge is 0.241 e. The molecule has 1 N–H and O–H groups in total. The number of nitrogens with zero attached hydrogens (tertiary/aromatic N) is 1. The van der Waals surface area contributed by atoms with E-state index in [9.17, 15) is 4.79 Å². The summed E-state index contributed by atoms with van der Waals surface area (Å²) >= 11 is 0. The molecule has 1 aliphatic heterocycles. The van der Waals surface area contributed by atoms with Crippen LogP contribution in [0.3, 0.4) is 0 Å². The van der Waals surface area contributed by atoms with E-state index in [1.165, 1.54) is 11.1 Å². The van der Waals surface area contributed by atoms with Gasteiger partial charge in [0.2, 0.25) is 5.91 Å². The van der Waals surface area contributed by atoms with Crippen LogP contribution in [0.1, 0.15) is 31.1 Å². The maximum atomic E-state index is 11.9. The molecule has 86 valence electrons. The van der Waals surface area contributed by atoms with Gasteiger partial charge in [0.1, 0.15) is 6.17 Å². The Balaban J connectivity index is 2.35. The average molecular weight is 218 g/mol. The molecule has 0 bridgehead atoms. The normalized spacial score (nSPS) is 25.2. The molecular weight excluding hydrogens is 200 g/mol. The summed E-state index contributed by atoms with van der Waals surface area (Å²) in [6.45, 7) is 6.76.